The number of imide groups is 2. The Morgan fingerprint density at radius 2 is 1.62 bits per heavy atom. The zero-order valence-electron chi connectivity index (χ0n) is 45.1. The van der Waals surface area contributed by atoms with Crippen LogP contribution < -0.4 is 30.1 Å². The molecular formula is C55H63N11O7. The number of hydrogen-bond acceptors (Lipinski definition) is 14. The van der Waals surface area contributed by atoms with Crippen LogP contribution in [0.2, 0.25) is 0 Å². The van der Waals surface area contributed by atoms with Gasteiger partial charge in [0.05, 0.1) is 39.8 Å². The predicted octanol–water partition coefficient (Wildman–Crippen LogP) is 6.07. The van der Waals surface area contributed by atoms with Crippen LogP contribution in [-0.2, 0) is 34.6 Å². The summed E-state index contributed by atoms with van der Waals surface area (Å²) >= 11 is 0. The Balaban J connectivity index is 0.761. The number of amides is 5. The summed E-state index contributed by atoms with van der Waals surface area (Å²) in [7, 11) is -2.81. The van der Waals surface area contributed by atoms with Crippen LogP contribution in [0.3, 0.4) is 0 Å². The van der Waals surface area contributed by atoms with Crippen molar-refractivity contribution in [1.29, 1.82) is 0 Å². The van der Waals surface area contributed by atoms with Crippen molar-refractivity contribution in [3.05, 3.63) is 101 Å². The lowest BCUT2D eigenvalue weighted by atomic mass is 9.89. The van der Waals surface area contributed by atoms with Gasteiger partial charge in [-0.25, -0.2) is 15.0 Å². The molecule has 6 aliphatic rings. The number of nitrogens with one attached hydrogen (secondary N) is 2. The van der Waals surface area contributed by atoms with E-state index in [1.54, 1.807) is 55.4 Å². The van der Waals surface area contributed by atoms with Crippen molar-refractivity contribution in [2.45, 2.75) is 116 Å². The summed E-state index contributed by atoms with van der Waals surface area (Å²) in [5, 5.41) is 17.3. The van der Waals surface area contributed by atoms with Crippen LogP contribution in [-0.4, -0.2) is 128 Å². The first kappa shape index (κ1) is 44.5. The fraction of sp³-hybridized carbons (Fsp3) is 0.455. The molecule has 18 nitrogen and oxygen atoms in total. The second kappa shape index (κ2) is 18.1. The van der Waals surface area contributed by atoms with Gasteiger partial charge < -0.3 is 29.5 Å². The number of rotatable bonds is 10. The average Bonchev–Trinajstić information content (AvgIpc) is 3.98. The van der Waals surface area contributed by atoms with Gasteiger partial charge in [0.25, 0.3) is 17.7 Å². The molecule has 3 fully saturated rings. The second-order valence-corrected chi connectivity index (χ2v) is 21.9. The molecule has 11 rings (SSSR count). The summed E-state index contributed by atoms with van der Waals surface area (Å²) in [5.74, 6) is -1.67. The number of benzene rings is 1. The monoisotopic (exact) mass is 993 g/mol. The molecular weight excluding hydrogens is 927 g/mol. The van der Waals surface area contributed by atoms with Gasteiger partial charge in [-0.05, 0) is 125 Å². The molecule has 73 heavy (non-hydrogen) atoms. The van der Waals surface area contributed by atoms with E-state index in [2.05, 4.69) is 62.6 Å². The molecule has 18 heteroatoms. The Bertz CT molecular complexity index is 3210. The number of ether oxygens (including phenoxy) is 1. The number of pyridine rings is 3. The van der Waals surface area contributed by atoms with Gasteiger partial charge in [-0.15, -0.1) is 0 Å². The summed E-state index contributed by atoms with van der Waals surface area (Å²) in [6.45, 7) is 16.3. The number of aromatic nitrogens is 4. The third-order valence-electron chi connectivity index (χ3n) is 15.8. The van der Waals surface area contributed by atoms with Crippen LogP contribution in [0.15, 0.2) is 67.1 Å². The Labute approximate surface area is 428 Å². The first-order valence-electron chi connectivity index (χ1n) is 26.8. The van der Waals surface area contributed by atoms with Gasteiger partial charge in [0.2, 0.25) is 17.7 Å². The van der Waals surface area contributed by atoms with E-state index in [-0.39, 0.29) is 58.9 Å². The van der Waals surface area contributed by atoms with Gasteiger partial charge in [-0.2, -0.15) is 0 Å². The van der Waals surface area contributed by atoms with E-state index in [1.165, 1.54) is 17.5 Å². The molecule has 5 aliphatic heterocycles. The van der Waals surface area contributed by atoms with Gasteiger partial charge >= 0.3 is 0 Å². The largest absolute Gasteiger partial charge is 0.480 e. The third kappa shape index (κ3) is 8.56. The van der Waals surface area contributed by atoms with Crippen molar-refractivity contribution < 1.29 is 37.9 Å². The maximum absolute atomic E-state index is 14.3. The van der Waals surface area contributed by atoms with Crippen molar-refractivity contribution in [3.8, 4) is 17.0 Å². The van der Waals surface area contributed by atoms with Crippen molar-refractivity contribution in [2.24, 2.45) is 5.41 Å². The molecule has 3 saturated heterocycles. The highest BCUT2D eigenvalue weighted by molar-refractivity contribution is 6.23. The molecule has 0 spiro atoms. The van der Waals surface area contributed by atoms with E-state index in [0.29, 0.717) is 53.2 Å². The van der Waals surface area contributed by atoms with Crippen LogP contribution in [0, 0.1) is 5.41 Å². The predicted molar refractivity (Wildman–Crippen MR) is 275 cm³/mol. The number of aliphatic hydroxyl groups is 1. The van der Waals surface area contributed by atoms with E-state index in [4.69, 9.17) is 18.8 Å². The summed E-state index contributed by atoms with van der Waals surface area (Å²) in [4.78, 5) is 89.2. The number of carbonyl (C=O) groups excluding carboxylic acids is 5. The second-order valence-electron chi connectivity index (χ2n) is 21.9. The summed E-state index contributed by atoms with van der Waals surface area (Å²) in [6, 6.07) is 14.2. The van der Waals surface area contributed by atoms with E-state index >= 15 is 0 Å². The Kier molecular flexibility index (Phi) is 11.0. The lowest BCUT2D eigenvalue weighted by Gasteiger charge is -2.48. The minimum Gasteiger partial charge on any atom is -0.480 e. The molecule has 380 valence electrons. The number of piperazine rings is 1. The fourth-order valence-corrected chi connectivity index (χ4v) is 12.4. The fourth-order valence-electron chi connectivity index (χ4n) is 12.4. The molecule has 4 aromatic heterocycles. The molecule has 4 atom stereocenters. The highest BCUT2D eigenvalue weighted by Crippen LogP contribution is 2.43. The zero-order valence-corrected chi connectivity index (χ0v) is 42.1. The summed E-state index contributed by atoms with van der Waals surface area (Å²) in [6.07, 6.45) is 8.66. The third-order valence-corrected chi connectivity index (χ3v) is 15.8. The lowest BCUT2D eigenvalue weighted by Crippen LogP contribution is -2.58. The van der Waals surface area contributed by atoms with Gasteiger partial charge in [0.1, 0.15) is 29.1 Å². The van der Waals surface area contributed by atoms with E-state index in [1.807, 2.05) is 24.3 Å². The van der Waals surface area contributed by atoms with Crippen LogP contribution in [0.25, 0.3) is 11.1 Å². The van der Waals surface area contributed by atoms with Crippen LogP contribution in [0.1, 0.15) is 119 Å². The molecule has 0 radical (unpaired) electrons. The van der Waals surface area contributed by atoms with Crippen molar-refractivity contribution in [3.63, 3.8) is 0 Å². The first-order chi connectivity index (χ1) is 36.0. The van der Waals surface area contributed by atoms with Gasteiger partial charge in [-0.3, -0.25) is 44.0 Å². The van der Waals surface area contributed by atoms with Gasteiger partial charge in [0, 0.05) is 98.7 Å². The molecule has 3 N–H and O–H groups in total. The summed E-state index contributed by atoms with van der Waals surface area (Å²) in [5.41, 5.74) is 5.74. The number of piperidine rings is 2. The van der Waals surface area contributed by atoms with E-state index in [9.17, 15) is 29.1 Å². The van der Waals surface area contributed by atoms with Crippen molar-refractivity contribution in [2.75, 3.05) is 59.8 Å². The standard InChI is InChI=1S/C55H63N11O7/c1-31-22-35(15-17-62(31)36-8-10-39-40(25-36)52(70)66(51(39)69)42-11-13-46(67)60-49(42)68)61-18-19-63(32(2)30-61)37-9-12-45(57-29-37)59-41-23-34(28-58-50(41)73-7)38-14-16-56-48(47(38)55(5,6)72)65-21-20-64-43(53(65)71)24-33-26-54(3,4)27-44(33)64/h8-10,12,14,16,23-25,28-29,31-32,35,42,72H,11,13,15,17-22,26-27,30H2,1-7H3,(H,57,59)(H,60,67,68)/t31-,32+,35?,42?/m1/s1/i7D3. The van der Waals surface area contributed by atoms with E-state index < -0.39 is 42.3 Å². The van der Waals surface area contributed by atoms with Crippen LogP contribution in [0.5, 0.6) is 5.88 Å². The molecule has 0 saturated carbocycles. The normalized spacial score (nSPS) is 23.9. The quantitative estimate of drug-likeness (QED) is 0.136. The maximum Gasteiger partial charge on any atom is 0.276 e. The lowest BCUT2D eigenvalue weighted by molar-refractivity contribution is -0.136. The van der Waals surface area contributed by atoms with Crippen LogP contribution in [0.4, 0.5) is 28.7 Å². The molecule has 9 heterocycles. The minimum atomic E-state index is -2.81. The highest BCUT2D eigenvalue weighted by atomic mass is 16.5. The molecule has 5 amide bonds. The smallest absolute Gasteiger partial charge is 0.276 e. The number of hydrogen-bond donors (Lipinski definition) is 3. The van der Waals surface area contributed by atoms with Crippen molar-refractivity contribution in [1.82, 2.24) is 34.6 Å². The Morgan fingerprint density at radius 1 is 0.822 bits per heavy atom. The Morgan fingerprint density at radius 3 is 2.36 bits per heavy atom. The number of fused-ring (bicyclic) bond motifs is 4. The molecule has 0 bridgehead atoms. The molecule has 1 aliphatic carbocycles. The molecule has 2 unspecified atom stereocenters. The summed E-state index contributed by atoms with van der Waals surface area (Å²) < 4.78 is 31.3. The number of nitrogens with zero attached hydrogens (tertiary/aromatic N) is 9. The van der Waals surface area contributed by atoms with Gasteiger partial charge in [0.15, 0.2) is 0 Å². The minimum absolute atomic E-state index is 0.0647. The molecule has 5 aromatic rings. The van der Waals surface area contributed by atoms with Crippen molar-refractivity contribution >= 4 is 58.2 Å². The zero-order chi connectivity index (χ0) is 53.7. The topological polar surface area (TPSA) is 199 Å². The average molecular weight is 993 g/mol. The number of carbonyl (C=O) groups is 5. The van der Waals surface area contributed by atoms with E-state index in [0.717, 1.165) is 68.1 Å². The first-order valence-corrected chi connectivity index (χ1v) is 25.3. The molecule has 1 aromatic carbocycles. The highest BCUT2D eigenvalue weighted by Gasteiger charge is 2.46. The maximum atomic E-state index is 14.3. The Hall–Kier alpha value is -7.18. The van der Waals surface area contributed by atoms with Crippen LogP contribution >= 0.6 is 0 Å². The SMILES string of the molecule is [2H]C([2H])([2H])Oc1ncc(-c2ccnc(N3CCn4c(cc5c4CC(C)(C)C5)C3=O)c2C(C)(C)O)cc1Nc1ccc(N2CCN(C3CCN(c4ccc5c(c4)C(=O)N(C4CCC(=O)NC4=O)C5=O)[C@H](C)C3)C[C@@H]2C)cn1. The van der Waals surface area contributed by atoms with Gasteiger partial charge in [-0.1, -0.05) is 13.8 Å². The number of methoxy groups -OCH3 is 1. The number of anilines is 5.